The van der Waals surface area contributed by atoms with Crippen molar-refractivity contribution in [3.63, 3.8) is 0 Å². The van der Waals surface area contributed by atoms with Crippen LogP contribution >= 0.6 is 11.3 Å². The Morgan fingerprint density at radius 3 is 2.71 bits per heavy atom. The molecule has 1 heterocycles. The van der Waals surface area contributed by atoms with E-state index >= 15 is 0 Å². The summed E-state index contributed by atoms with van der Waals surface area (Å²) in [6.07, 6.45) is 0. The number of thiophene rings is 1. The number of fused-ring (bicyclic) bond motifs is 1. The lowest BCUT2D eigenvalue weighted by Crippen LogP contribution is -2.33. The van der Waals surface area contributed by atoms with Crippen molar-refractivity contribution < 1.29 is 19.1 Å². The van der Waals surface area contributed by atoms with Crippen LogP contribution in [0.5, 0.6) is 0 Å². The summed E-state index contributed by atoms with van der Waals surface area (Å²) in [5, 5.41) is 9.61. The van der Waals surface area contributed by atoms with Crippen molar-refractivity contribution in [1.29, 1.82) is 0 Å². The molecular weight excluding hydrogens is 295 g/mol. The minimum atomic E-state index is -1.10. The van der Waals surface area contributed by atoms with Gasteiger partial charge in [0.25, 0.3) is 0 Å². The summed E-state index contributed by atoms with van der Waals surface area (Å²) in [5.41, 5.74) is 5.56. The molecule has 0 unspecified atom stereocenters. The fourth-order valence-corrected chi connectivity index (χ4v) is 3.28. The van der Waals surface area contributed by atoms with E-state index in [0.717, 1.165) is 11.3 Å². The lowest BCUT2D eigenvalue weighted by molar-refractivity contribution is -0.119. The third-order valence-corrected chi connectivity index (χ3v) is 4.35. The average molecular weight is 310 g/mol. The Kier molecular flexibility index (Phi) is 4.54. The highest BCUT2D eigenvalue weighted by atomic mass is 32.1. The van der Waals surface area contributed by atoms with E-state index < -0.39 is 17.7 Å². The Morgan fingerprint density at radius 2 is 2.14 bits per heavy atom. The molecule has 2 aromatic rings. The maximum absolute atomic E-state index is 14.0. The van der Waals surface area contributed by atoms with Gasteiger partial charge in [0.2, 0.25) is 5.91 Å². The summed E-state index contributed by atoms with van der Waals surface area (Å²) < 4.78 is 14.6. The van der Waals surface area contributed by atoms with E-state index in [2.05, 4.69) is 0 Å². The van der Waals surface area contributed by atoms with Crippen LogP contribution in [0.25, 0.3) is 10.1 Å². The van der Waals surface area contributed by atoms with Gasteiger partial charge < -0.3 is 10.8 Å². The number of amides is 1. The maximum atomic E-state index is 14.0. The molecule has 1 aromatic carbocycles. The zero-order valence-electron chi connectivity index (χ0n) is 11.4. The molecule has 0 aliphatic carbocycles. The standard InChI is InChI=1S/C14H15FN2O3S/c1-2-17(7-11(16)18)6-8-12-9(15)4-3-5-10(12)21-13(8)14(19)20/h3-5H,2,6-7H2,1H3,(H2,16,18)(H,19,20). The monoisotopic (exact) mass is 310 g/mol. The first kappa shape index (κ1) is 15.4. The Morgan fingerprint density at radius 1 is 1.43 bits per heavy atom. The molecule has 0 saturated heterocycles. The van der Waals surface area contributed by atoms with Crippen LogP contribution in [0.4, 0.5) is 4.39 Å². The minimum absolute atomic E-state index is 0.00134. The highest BCUT2D eigenvalue weighted by Gasteiger charge is 2.22. The zero-order chi connectivity index (χ0) is 15.6. The van der Waals surface area contributed by atoms with Crippen LogP contribution in [-0.2, 0) is 11.3 Å². The van der Waals surface area contributed by atoms with E-state index in [1.807, 2.05) is 6.92 Å². The number of halogens is 1. The van der Waals surface area contributed by atoms with Crippen LogP contribution in [0, 0.1) is 5.82 Å². The first-order valence-electron chi connectivity index (χ1n) is 6.37. The minimum Gasteiger partial charge on any atom is -0.477 e. The van der Waals surface area contributed by atoms with E-state index in [1.165, 1.54) is 6.07 Å². The van der Waals surface area contributed by atoms with Crippen LogP contribution in [0.15, 0.2) is 18.2 Å². The number of carboxylic acid groups (broad SMARTS) is 1. The van der Waals surface area contributed by atoms with E-state index in [9.17, 15) is 19.1 Å². The molecule has 1 amide bonds. The van der Waals surface area contributed by atoms with Crippen molar-refractivity contribution in [3.05, 3.63) is 34.5 Å². The lowest BCUT2D eigenvalue weighted by atomic mass is 10.1. The van der Waals surface area contributed by atoms with Gasteiger partial charge in [-0.25, -0.2) is 9.18 Å². The van der Waals surface area contributed by atoms with Crippen LogP contribution in [-0.4, -0.2) is 35.0 Å². The molecule has 21 heavy (non-hydrogen) atoms. The van der Waals surface area contributed by atoms with E-state index in [0.29, 0.717) is 22.2 Å². The van der Waals surface area contributed by atoms with E-state index in [1.54, 1.807) is 17.0 Å². The van der Waals surface area contributed by atoms with Crippen LogP contribution in [0.2, 0.25) is 0 Å². The Labute approximate surface area is 124 Å². The SMILES string of the molecule is CCN(CC(N)=O)Cc1c(C(=O)O)sc2cccc(F)c12. The predicted molar refractivity (Wildman–Crippen MR) is 78.9 cm³/mol. The molecule has 112 valence electrons. The van der Waals surface area contributed by atoms with Gasteiger partial charge in [-0.3, -0.25) is 9.69 Å². The predicted octanol–water partition coefficient (Wildman–Crippen LogP) is 2.05. The van der Waals surface area contributed by atoms with Crippen molar-refractivity contribution in [2.24, 2.45) is 5.73 Å². The molecule has 1 aromatic heterocycles. The second-order valence-corrected chi connectivity index (χ2v) is 5.65. The first-order valence-corrected chi connectivity index (χ1v) is 7.19. The number of benzene rings is 1. The average Bonchev–Trinajstić information content (AvgIpc) is 2.77. The fraction of sp³-hybridized carbons (Fsp3) is 0.286. The van der Waals surface area contributed by atoms with E-state index in [4.69, 9.17) is 5.73 Å². The van der Waals surface area contributed by atoms with Gasteiger partial charge in [-0.05, 0) is 18.7 Å². The highest BCUT2D eigenvalue weighted by Crippen LogP contribution is 2.34. The number of rotatable bonds is 6. The van der Waals surface area contributed by atoms with Crippen LogP contribution < -0.4 is 5.73 Å². The molecule has 0 fully saturated rings. The van der Waals surface area contributed by atoms with Gasteiger partial charge in [0, 0.05) is 22.2 Å². The van der Waals surface area contributed by atoms with Gasteiger partial charge in [-0.15, -0.1) is 11.3 Å². The molecule has 5 nitrogen and oxygen atoms in total. The molecule has 0 aliphatic rings. The molecule has 0 saturated carbocycles. The Bertz CT molecular complexity index is 699. The highest BCUT2D eigenvalue weighted by molar-refractivity contribution is 7.21. The van der Waals surface area contributed by atoms with Crippen LogP contribution in [0.1, 0.15) is 22.2 Å². The van der Waals surface area contributed by atoms with Crippen molar-refractivity contribution >= 4 is 33.3 Å². The molecule has 7 heteroatoms. The smallest absolute Gasteiger partial charge is 0.346 e. The third-order valence-electron chi connectivity index (χ3n) is 3.17. The second kappa shape index (κ2) is 6.19. The number of likely N-dealkylation sites (N-methyl/N-ethyl adjacent to an activating group) is 1. The molecule has 0 aliphatic heterocycles. The second-order valence-electron chi connectivity index (χ2n) is 4.60. The largest absolute Gasteiger partial charge is 0.477 e. The van der Waals surface area contributed by atoms with Gasteiger partial charge >= 0.3 is 5.97 Å². The van der Waals surface area contributed by atoms with Gasteiger partial charge in [-0.2, -0.15) is 0 Å². The molecule has 0 radical (unpaired) electrons. The number of aromatic carboxylic acids is 1. The van der Waals surface area contributed by atoms with Crippen molar-refractivity contribution in [1.82, 2.24) is 4.90 Å². The van der Waals surface area contributed by atoms with Crippen molar-refractivity contribution in [3.8, 4) is 0 Å². The fourth-order valence-electron chi connectivity index (χ4n) is 2.21. The molecule has 0 spiro atoms. The molecular formula is C14H15FN2O3S. The van der Waals surface area contributed by atoms with Gasteiger partial charge in [0.05, 0.1) is 6.54 Å². The quantitative estimate of drug-likeness (QED) is 0.855. The number of primary amides is 1. The first-order chi connectivity index (χ1) is 9.93. The maximum Gasteiger partial charge on any atom is 0.346 e. The van der Waals surface area contributed by atoms with Crippen molar-refractivity contribution in [2.75, 3.05) is 13.1 Å². The number of carbonyl (C=O) groups is 2. The summed E-state index contributed by atoms with van der Waals surface area (Å²) in [5.74, 6) is -2.06. The number of nitrogens with two attached hydrogens (primary N) is 1. The molecule has 0 bridgehead atoms. The topological polar surface area (TPSA) is 83.6 Å². The number of carboxylic acids is 1. The molecule has 3 N–H and O–H groups in total. The summed E-state index contributed by atoms with van der Waals surface area (Å²) in [4.78, 5) is 24.2. The number of hydrogen-bond acceptors (Lipinski definition) is 4. The van der Waals surface area contributed by atoms with Crippen LogP contribution in [0.3, 0.4) is 0 Å². The normalized spacial score (nSPS) is 11.2. The summed E-state index contributed by atoms with van der Waals surface area (Å²) >= 11 is 1.04. The zero-order valence-corrected chi connectivity index (χ0v) is 12.2. The van der Waals surface area contributed by atoms with Gasteiger partial charge in [0.15, 0.2) is 0 Å². The number of nitrogens with zero attached hydrogens (tertiary/aromatic N) is 1. The lowest BCUT2D eigenvalue weighted by Gasteiger charge is -2.18. The number of carbonyl (C=O) groups excluding carboxylic acids is 1. The summed E-state index contributed by atoms with van der Waals surface area (Å²) in [6, 6.07) is 4.53. The Balaban J connectivity index is 2.52. The Hall–Kier alpha value is -1.99. The molecule has 2 rings (SSSR count). The summed E-state index contributed by atoms with van der Waals surface area (Å²) in [6.45, 7) is 2.51. The van der Waals surface area contributed by atoms with E-state index in [-0.39, 0.29) is 18.0 Å². The summed E-state index contributed by atoms with van der Waals surface area (Å²) in [7, 11) is 0. The third kappa shape index (κ3) is 3.20. The molecule has 0 atom stereocenters. The van der Waals surface area contributed by atoms with Gasteiger partial charge in [0.1, 0.15) is 10.7 Å². The van der Waals surface area contributed by atoms with Crippen molar-refractivity contribution in [2.45, 2.75) is 13.5 Å². The number of hydrogen-bond donors (Lipinski definition) is 2. The van der Waals surface area contributed by atoms with Gasteiger partial charge in [-0.1, -0.05) is 13.0 Å².